The second-order valence-corrected chi connectivity index (χ2v) is 1.89. The van der Waals surface area contributed by atoms with Crippen LogP contribution in [0.25, 0.3) is 0 Å². The molecule has 0 saturated carbocycles. The summed E-state index contributed by atoms with van der Waals surface area (Å²) < 4.78 is 17.3. The van der Waals surface area contributed by atoms with Crippen LogP contribution in [0.3, 0.4) is 0 Å². The molecule has 0 spiro atoms. The molecular weight excluding hydrogens is 166 g/mol. The Labute approximate surface area is 57.1 Å². The SMILES string of the molecule is NC(=O)N([N+](=O)[O-])S(=O)O. The number of carbonyl (C=O) groups excluding carboxylic acids is 1. The predicted octanol–water partition coefficient (Wildman–Crippen LogP) is -1.30. The molecule has 58 valence electrons. The Kier molecular flexibility index (Phi) is 2.70. The van der Waals surface area contributed by atoms with E-state index in [9.17, 15) is 19.1 Å². The van der Waals surface area contributed by atoms with Crippen molar-refractivity contribution in [2.24, 2.45) is 5.73 Å². The minimum Gasteiger partial charge on any atom is -0.346 e. The van der Waals surface area contributed by atoms with Crippen LogP contribution in [0, 0.1) is 10.1 Å². The number of hydrazine groups is 1. The molecule has 0 rings (SSSR count). The highest BCUT2D eigenvalue weighted by Crippen LogP contribution is 1.90. The summed E-state index contributed by atoms with van der Waals surface area (Å²) in [6.45, 7) is 0. The van der Waals surface area contributed by atoms with Gasteiger partial charge in [-0.3, -0.25) is 4.55 Å². The standard InChI is InChI=1S/CH3N3O5S/c2-1(5)3(4(6)7)10(8)9/h(H2,2,5)(H,8,9). The molecule has 2 amide bonds. The van der Waals surface area contributed by atoms with Gasteiger partial charge in [-0.1, -0.05) is 0 Å². The normalized spacial score (nSPS) is 12.1. The first-order valence-electron chi connectivity index (χ1n) is 1.81. The van der Waals surface area contributed by atoms with Crippen molar-refractivity contribution >= 4 is 17.3 Å². The van der Waals surface area contributed by atoms with Crippen molar-refractivity contribution in [3.05, 3.63) is 10.1 Å². The van der Waals surface area contributed by atoms with Gasteiger partial charge in [0.05, 0.1) is 4.41 Å². The van der Waals surface area contributed by atoms with Gasteiger partial charge < -0.3 is 5.73 Å². The zero-order valence-electron chi connectivity index (χ0n) is 4.46. The molecule has 0 radical (unpaired) electrons. The number of carbonyl (C=O) groups is 1. The summed E-state index contributed by atoms with van der Waals surface area (Å²) in [7, 11) is 0. The highest BCUT2D eigenvalue weighted by atomic mass is 32.2. The Bertz CT molecular complexity index is 156. The fourth-order valence-electron chi connectivity index (χ4n) is 0.214. The van der Waals surface area contributed by atoms with Gasteiger partial charge >= 0.3 is 17.3 Å². The van der Waals surface area contributed by atoms with Gasteiger partial charge in [-0.2, -0.15) is 4.21 Å². The number of primary amides is 1. The van der Waals surface area contributed by atoms with Crippen molar-refractivity contribution in [2.45, 2.75) is 0 Å². The fourth-order valence-corrected chi connectivity index (χ4v) is 0.482. The monoisotopic (exact) mass is 169 g/mol. The number of hydrogen-bond acceptors (Lipinski definition) is 4. The minimum atomic E-state index is -3.00. The van der Waals surface area contributed by atoms with Crippen molar-refractivity contribution in [3.8, 4) is 0 Å². The second-order valence-electron chi connectivity index (χ2n) is 1.08. The lowest BCUT2D eigenvalue weighted by Crippen LogP contribution is -2.41. The molecule has 0 aromatic carbocycles. The number of urea groups is 1. The molecule has 0 aromatic rings. The van der Waals surface area contributed by atoms with E-state index in [0.717, 1.165) is 0 Å². The van der Waals surface area contributed by atoms with Crippen LogP contribution in [0.2, 0.25) is 0 Å². The van der Waals surface area contributed by atoms with Crippen LogP contribution in [0.4, 0.5) is 4.79 Å². The van der Waals surface area contributed by atoms with E-state index in [2.05, 4.69) is 5.73 Å². The summed E-state index contributed by atoms with van der Waals surface area (Å²) in [6.07, 6.45) is 0. The molecule has 10 heavy (non-hydrogen) atoms. The van der Waals surface area contributed by atoms with Crippen LogP contribution in [0.15, 0.2) is 0 Å². The van der Waals surface area contributed by atoms with Crippen LogP contribution in [-0.4, -0.2) is 24.2 Å². The maximum Gasteiger partial charge on any atom is 0.391 e. The third-order valence-corrected chi connectivity index (χ3v) is 1.09. The molecule has 3 N–H and O–H groups in total. The van der Waals surface area contributed by atoms with E-state index < -0.39 is 26.7 Å². The molecule has 0 bridgehead atoms. The van der Waals surface area contributed by atoms with Gasteiger partial charge in [0.15, 0.2) is 5.03 Å². The first kappa shape index (κ1) is 8.78. The van der Waals surface area contributed by atoms with Crippen LogP contribution in [0.5, 0.6) is 0 Å². The van der Waals surface area contributed by atoms with E-state index in [4.69, 9.17) is 4.55 Å². The van der Waals surface area contributed by atoms with Gasteiger partial charge in [0, 0.05) is 0 Å². The topological polar surface area (TPSA) is 127 Å². The van der Waals surface area contributed by atoms with Gasteiger partial charge in [-0.25, -0.2) is 14.9 Å². The van der Waals surface area contributed by atoms with Crippen LogP contribution < -0.4 is 5.73 Å². The number of nitrogens with two attached hydrogens (primary N) is 1. The predicted molar refractivity (Wildman–Crippen MR) is 29.2 cm³/mol. The van der Waals surface area contributed by atoms with E-state index in [1.54, 1.807) is 0 Å². The number of hydrogen-bond donors (Lipinski definition) is 2. The number of amides is 2. The van der Waals surface area contributed by atoms with Gasteiger partial charge in [0.2, 0.25) is 0 Å². The zero-order chi connectivity index (χ0) is 8.31. The molecule has 0 aromatic heterocycles. The van der Waals surface area contributed by atoms with Crippen molar-refractivity contribution in [1.82, 2.24) is 4.41 Å². The molecule has 9 heteroatoms. The first-order chi connectivity index (χ1) is 4.46. The lowest BCUT2D eigenvalue weighted by molar-refractivity contribution is -0.598. The van der Waals surface area contributed by atoms with Gasteiger partial charge in [0.25, 0.3) is 0 Å². The molecule has 0 fully saturated rings. The van der Waals surface area contributed by atoms with E-state index in [0.29, 0.717) is 0 Å². The van der Waals surface area contributed by atoms with Crippen LogP contribution in [-0.2, 0) is 11.3 Å². The first-order valence-corrected chi connectivity index (χ1v) is 2.88. The largest absolute Gasteiger partial charge is 0.391 e. The van der Waals surface area contributed by atoms with Gasteiger partial charge in [-0.15, -0.1) is 0 Å². The van der Waals surface area contributed by atoms with E-state index in [1.165, 1.54) is 0 Å². The summed E-state index contributed by atoms with van der Waals surface area (Å²) in [5, 5.41) is 8.28. The lowest BCUT2D eigenvalue weighted by Gasteiger charge is -2.00. The molecule has 1 unspecified atom stereocenters. The maximum absolute atomic E-state index is 9.94. The average Bonchev–Trinajstić information content (AvgIpc) is 1.59. The summed E-state index contributed by atoms with van der Waals surface area (Å²) in [5.41, 5.74) is 4.33. The highest BCUT2D eigenvalue weighted by Gasteiger charge is 2.27. The Balaban J connectivity index is 4.43. The van der Waals surface area contributed by atoms with E-state index >= 15 is 0 Å². The van der Waals surface area contributed by atoms with Gasteiger partial charge in [-0.05, 0) is 0 Å². The second kappa shape index (κ2) is 3.08. The molecule has 0 aliphatic rings. The van der Waals surface area contributed by atoms with Crippen molar-refractivity contribution in [1.29, 1.82) is 0 Å². The minimum absolute atomic E-state index is 0.611. The third kappa shape index (κ3) is 1.95. The van der Waals surface area contributed by atoms with Crippen molar-refractivity contribution in [2.75, 3.05) is 0 Å². The van der Waals surface area contributed by atoms with Crippen LogP contribution >= 0.6 is 0 Å². The van der Waals surface area contributed by atoms with E-state index in [-0.39, 0.29) is 0 Å². The molecule has 1 atom stereocenters. The molecule has 8 nitrogen and oxygen atoms in total. The Hall–Kier alpha value is -1.22. The molecule has 0 aliphatic carbocycles. The lowest BCUT2D eigenvalue weighted by atomic mass is 11.1. The highest BCUT2D eigenvalue weighted by molar-refractivity contribution is 7.77. The number of rotatable bonds is 2. The van der Waals surface area contributed by atoms with Gasteiger partial charge in [0.1, 0.15) is 0 Å². The summed E-state index contributed by atoms with van der Waals surface area (Å²) in [6, 6.07) is -1.59. The summed E-state index contributed by atoms with van der Waals surface area (Å²) >= 11 is -3.00. The van der Waals surface area contributed by atoms with Crippen molar-refractivity contribution in [3.63, 3.8) is 0 Å². The fraction of sp³-hybridized carbons (Fsp3) is 0. The Morgan fingerprint density at radius 1 is 1.80 bits per heavy atom. The number of nitro groups is 1. The third-order valence-electron chi connectivity index (χ3n) is 0.485. The smallest absolute Gasteiger partial charge is 0.346 e. The Morgan fingerprint density at radius 3 is 2.20 bits per heavy atom. The zero-order valence-corrected chi connectivity index (χ0v) is 5.28. The summed E-state index contributed by atoms with van der Waals surface area (Å²) in [4.78, 5) is 19.6. The van der Waals surface area contributed by atoms with Crippen LogP contribution in [0.1, 0.15) is 0 Å². The molecule has 0 saturated heterocycles. The quantitative estimate of drug-likeness (QED) is 0.301. The van der Waals surface area contributed by atoms with E-state index in [1.807, 2.05) is 0 Å². The summed E-state index contributed by atoms with van der Waals surface area (Å²) in [5.74, 6) is 0. The molecule has 0 heterocycles. The Morgan fingerprint density at radius 2 is 2.20 bits per heavy atom. The number of nitrogens with zero attached hydrogens (tertiary/aromatic N) is 2. The molecular formula is CH3N3O5S. The molecule has 0 aliphatic heterocycles. The average molecular weight is 169 g/mol. The van der Waals surface area contributed by atoms with Crippen molar-refractivity contribution < 1.29 is 18.6 Å². The maximum atomic E-state index is 9.94.